The summed E-state index contributed by atoms with van der Waals surface area (Å²) >= 11 is 0. The number of anilines is 1. The fourth-order valence-corrected chi connectivity index (χ4v) is 7.00. The number of rotatable bonds is 20. The number of fused-ring (bicyclic) bond motifs is 5. The largest absolute Gasteiger partial charge is 0.871 e. The van der Waals surface area contributed by atoms with E-state index in [1.54, 1.807) is 0 Å². The zero-order chi connectivity index (χ0) is 46.3. The number of carbonyl (C=O) groups excluding carboxylic acids is 6. The number of hydrogen-bond acceptors (Lipinski definition) is 13. The number of hydrogen-bond donors (Lipinski definition) is 9. The topological polar surface area (TPSA) is 302 Å². The minimum absolute atomic E-state index is 0.00564. The lowest BCUT2D eigenvalue weighted by Gasteiger charge is -2.31. The average Bonchev–Trinajstić information content (AvgIpc) is 3.22. The summed E-state index contributed by atoms with van der Waals surface area (Å²) in [5.41, 5.74) is -1.27. The first-order chi connectivity index (χ1) is 29.3. The number of carboxylic acid groups (broad SMARTS) is 1. The molecule has 9 N–H and O–H groups in total. The predicted molar refractivity (Wildman–Crippen MR) is 222 cm³/mol. The predicted octanol–water partition coefficient (Wildman–Crippen LogP) is 1.21. The Hall–Kier alpha value is -5.99. The van der Waals surface area contributed by atoms with Gasteiger partial charge >= 0.3 is 5.97 Å². The van der Waals surface area contributed by atoms with Crippen molar-refractivity contribution in [2.45, 2.75) is 122 Å². The number of phenols is 1. The van der Waals surface area contributed by atoms with E-state index in [0.717, 1.165) is 47.6 Å². The van der Waals surface area contributed by atoms with E-state index in [1.165, 1.54) is 71.8 Å². The van der Waals surface area contributed by atoms with Crippen molar-refractivity contribution in [2.75, 3.05) is 32.5 Å². The zero-order valence-corrected chi connectivity index (χ0v) is 35.8. The van der Waals surface area contributed by atoms with Gasteiger partial charge in [0.25, 0.3) is 0 Å². The summed E-state index contributed by atoms with van der Waals surface area (Å²) in [5.74, 6) is -7.77. The lowest BCUT2D eigenvalue weighted by atomic mass is 9.93. The Kier molecular flexibility index (Phi) is 19.4. The molecule has 0 saturated carbocycles. The van der Waals surface area contributed by atoms with Crippen molar-refractivity contribution in [3.05, 3.63) is 41.5 Å². The fourth-order valence-electron chi connectivity index (χ4n) is 7.00. The molecule has 0 radical (unpaired) electrons. The van der Waals surface area contributed by atoms with Gasteiger partial charge in [-0.1, -0.05) is 76.2 Å². The zero-order valence-electron chi connectivity index (χ0n) is 35.8. The van der Waals surface area contributed by atoms with E-state index in [9.17, 15) is 64.4 Å². The molecule has 20 heteroatoms. The molecule has 5 atom stereocenters. The number of amides is 6. The lowest BCUT2D eigenvalue weighted by molar-refractivity contribution is -0.267. The normalized spacial score (nSPS) is 17.3. The highest BCUT2D eigenvalue weighted by molar-refractivity contribution is 5.96. The van der Waals surface area contributed by atoms with Crippen molar-refractivity contribution >= 4 is 47.1 Å². The maximum Gasteiger partial charge on any atom is 0.326 e. The second kappa shape index (κ2) is 23.9. The standard InChI is InChI=1S/C42H61N7O13/c1-6-7-8-9-10-11-12-13-14-15-34(52)47(4)32(23-50)40(57)44-24(2)38(55)43-22-35(53)48(5)36-27-16-17-33(51)28(21-27)29-18-26(20-31(37(29)54)49(61)62)19-30(42(59)60)46-39(56)25(3)45-41(36)58/h16-18,20-21,24-25,30,32,36,50-51,54,61-62H,6-15,19,22-23H2,1-5H3,(H,43,55)(H,44,57)(H,45,58)(H,46,56)(H,59,60)/p-1/t24-,25+,30+,32-,36-/m1/s1. The fraction of sp³-hybridized carbons (Fsp3) is 0.548. The monoisotopic (exact) mass is 870 g/mol. The molecule has 3 rings (SSSR count). The number of carbonyl (C=O) groups is 7. The van der Waals surface area contributed by atoms with Gasteiger partial charge in [0.05, 0.1) is 18.8 Å². The molecule has 2 aromatic carbocycles. The second-order valence-electron chi connectivity index (χ2n) is 15.5. The molecule has 0 unspecified atom stereocenters. The number of aliphatic hydroxyl groups excluding tert-OH is 1. The SMILES string of the molecule is CCCCCCCCCCCC(=O)N(C)[C@H](CO)C(=O)N[C@H](C)C(=O)NCC(=O)N(C)[C@H]1C(=O)N[C@@H](C)C(=O)N[C@H](C(=O)O)Cc2cc(c([O-])c(N(O)O)c2)-c2cc1ccc2O. The lowest BCUT2D eigenvalue weighted by Crippen LogP contribution is -2.55. The van der Waals surface area contributed by atoms with Gasteiger partial charge in [0, 0.05) is 32.5 Å². The minimum atomic E-state index is -1.63. The van der Waals surface area contributed by atoms with Crippen LogP contribution in [0.2, 0.25) is 0 Å². The quantitative estimate of drug-likeness (QED) is 0.0668. The van der Waals surface area contributed by atoms with Crippen LogP contribution in [0.4, 0.5) is 5.69 Å². The van der Waals surface area contributed by atoms with Crippen LogP contribution in [-0.4, -0.2) is 128 Å². The first-order valence-electron chi connectivity index (χ1n) is 20.7. The van der Waals surface area contributed by atoms with Gasteiger partial charge in [-0.15, -0.1) is 5.23 Å². The third kappa shape index (κ3) is 13.8. The van der Waals surface area contributed by atoms with E-state index in [0.29, 0.717) is 6.42 Å². The maximum atomic E-state index is 13.9. The number of nitrogens with zero attached hydrogens (tertiary/aromatic N) is 3. The molecule has 20 nitrogen and oxygen atoms in total. The first-order valence-corrected chi connectivity index (χ1v) is 20.7. The molecular formula is C42H60N7O13-. The smallest absolute Gasteiger partial charge is 0.326 e. The Morgan fingerprint density at radius 1 is 0.871 bits per heavy atom. The van der Waals surface area contributed by atoms with Crippen LogP contribution < -0.4 is 31.6 Å². The van der Waals surface area contributed by atoms with E-state index >= 15 is 0 Å². The van der Waals surface area contributed by atoms with Gasteiger partial charge in [0.2, 0.25) is 35.4 Å². The molecule has 1 aliphatic heterocycles. The van der Waals surface area contributed by atoms with Crippen molar-refractivity contribution < 1.29 is 64.4 Å². The van der Waals surface area contributed by atoms with E-state index in [2.05, 4.69) is 28.2 Å². The van der Waals surface area contributed by atoms with Gasteiger partial charge in [-0.2, -0.15) is 0 Å². The van der Waals surface area contributed by atoms with Crippen molar-refractivity contribution in [2.24, 2.45) is 0 Å². The summed E-state index contributed by atoms with van der Waals surface area (Å²) in [7, 11) is 2.59. The van der Waals surface area contributed by atoms with Crippen LogP contribution in [0.25, 0.3) is 11.1 Å². The highest BCUT2D eigenvalue weighted by Gasteiger charge is 2.34. The molecule has 1 aliphatic rings. The number of phenolic OH excluding ortho intramolecular Hbond substituents is 1. The Labute approximate surface area is 360 Å². The Balaban J connectivity index is 1.77. The Morgan fingerprint density at radius 3 is 2.10 bits per heavy atom. The number of likely N-dealkylation sites (N-methyl/N-ethyl adjacent to an activating group) is 2. The molecule has 1 heterocycles. The number of aliphatic hydroxyl groups is 1. The van der Waals surface area contributed by atoms with Crippen molar-refractivity contribution in [3.63, 3.8) is 0 Å². The summed E-state index contributed by atoms with van der Waals surface area (Å²) in [4.78, 5) is 93.9. The van der Waals surface area contributed by atoms with Crippen LogP contribution in [-0.2, 0) is 40.0 Å². The summed E-state index contributed by atoms with van der Waals surface area (Å²) in [6, 6.07) is -1.41. The summed E-state index contributed by atoms with van der Waals surface area (Å²) in [6.45, 7) is 3.32. The molecule has 0 aromatic heterocycles. The number of aliphatic carboxylic acids is 1. The summed E-state index contributed by atoms with van der Waals surface area (Å²) in [6.07, 6.45) is 9.26. The summed E-state index contributed by atoms with van der Waals surface area (Å²) in [5, 5.41) is 72.9. The molecule has 2 aromatic rings. The van der Waals surface area contributed by atoms with Crippen molar-refractivity contribution in [3.8, 4) is 22.6 Å². The first kappa shape index (κ1) is 50.4. The van der Waals surface area contributed by atoms with Crippen LogP contribution in [0.15, 0.2) is 30.3 Å². The van der Waals surface area contributed by atoms with Gasteiger partial charge < -0.3 is 51.5 Å². The molecule has 0 spiro atoms. The molecule has 342 valence electrons. The van der Waals surface area contributed by atoms with Gasteiger partial charge in [-0.3, -0.25) is 39.2 Å². The van der Waals surface area contributed by atoms with Gasteiger partial charge in [-0.25, -0.2) is 4.79 Å². The van der Waals surface area contributed by atoms with E-state index in [1.807, 2.05) is 0 Å². The van der Waals surface area contributed by atoms with Gasteiger partial charge in [-0.05, 0) is 55.2 Å². The number of aromatic hydroxyl groups is 1. The van der Waals surface area contributed by atoms with Gasteiger partial charge in [0.1, 0.15) is 36.0 Å². The third-order valence-corrected chi connectivity index (χ3v) is 10.8. The van der Waals surface area contributed by atoms with Gasteiger partial charge in [0.15, 0.2) is 0 Å². The third-order valence-electron chi connectivity index (χ3n) is 10.8. The van der Waals surface area contributed by atoms with E-state index in [4.69, 9.17) is 0 Å². The molecule has 0 saturated heterocycles. The van der Waals surface area contributed by atoms with Crippen molar-refractivity contribution in [1.29, 1.82) is 0 Å². The number of carboxylic acids is 1. The van der Waals surface area contributed by atoms with Crippen LogP contribution >= 0.6 is 0 Å². The highest BCUT2D eigenvalue weighted by Crippen LogP contribution is 2.41. The minimum Gasteiger partial charge on any atom is -0.871 e. The van der Waals surface area contributed by atoms with Crippen LogP contribution in [0, 0.1) is 0 Å². The van der Waals surface area contributed by atoms with Crippen LogP contribution in [0.3, 0.4) is 0 Å². The average molecular weight is 871 g/mol. The molecule has 4 bridgehead atoms. The van der Waals surface area contributed by atoms with Crippen molar-refractivity contribution in [1.82, 2.24) is 31.1 Å². The molecule has 62 heavy (non-hydrogen) atoms. The number of nitrogens with one attached hydrogen (secondary N) is 4. The molecule has 6 amide bonds. The Morgan fingerprint density at radius 2 is 1.50 bits per heavy atom. The Bertz CT molecular complexity index is 1930. The maximum absolute atomic E-state index is 13.9. The number of benzene rings is 2. The van der Waals surface area contributed by atoms with Crippen LogP contribution in [0.1, 0.15) is 102 Å². The van der Waals surface area contributed by atoms with E-state index in [-0.39, 0.29) is 34.6 Å². The molecule has 0 aliphatic carbocycles. The molecule has 0 fully saturated rings. The highest BCUT2D eigenvalue weighted by atomic mass is 16.8. The number of unbranched alkanes of at least 4 members (excludes halogenated alkanes) is 8. The summed E-state index contributed by atoms with van der Waals surface area (Å²) < 4.78 is 0. The van der Waals surface area contributed by atoms with E-state index < -0.39 is 108 Å². The van der Waals surface area contributed by atoms with Crippen LogP contribution in [0.5, 0.6) is 11.5 Å². The second-order valence-corrected chi connectivity index (χ2v) is 15.5. The molecular weight excluding hydrogens is 810 g/mol.